The van der Waals surface area contributed by atoms with Crippen molar-refractivity contribution in [3.8, 4) is 22.3 Å². The molecule has 2 heterocycles. The van der Waals surface area contributed by atoms with Crippen molar-refractivity contribution < 1.29 is 0 Å². The topological polar surface area (TPSA) is 12.9 Å². The zero-order chi connectivity index (χ0) is 26.9. The second kappa shape index (κ2) is 8.72. The molecule has 0 aliphatic rings. The van der Waals surface area contributed by atoms with Crippen LogP contribution in [-0.2, 0) is 0 Å². The van der Waals surface area contributed by atoms with Gasteiger partial charge in [0.25, 0.3) is 0 Å². The molecule has 0 amide bonds. The zero-order valence-electron chi connectivity index (χ0n) is 22.1. The van der Waals surface area contributed by atoms with Crippen LogP contribution < -0.4 is 0 Å². The number of thiophene rings is 1. The number of pyridine rings is 1. The van der Waals surface area contributed by atoms with Crippen LogP contribution in [0, 0.1) is 0 Å². The molecule has 190 valence electrons. The van der Waals surface area contributed by atoms with E-state index in [1.807, 2.05) is 17.5 Å². The first-order chi connectivity index (χ1) is 20.3. The molecule has 0 aliphatic heterocycles. The molecule has 0 radical (unpaired) electrons. The quantitative estimate of drug-likeness (QED) is 0.200. The summed E-state index contributed by atoms with van der Waals surface area (Å²) in [5, 5.41) is 11.7. The normalized spacial score (nSPS) is 11.9. The summed E-state index contributed by atoms with van der Waals surface area (Å²) < 4.78 is 2.55. The minimum Gasteiger partial charge on any atom is -0.255 e. The van der Waals surface area contributed by atoms with E-state index < -0.39 is 0 Å². The van der Waals surface area contributed by atoms with E-state index in [1.54, 1.807) is 0 Å². The molecule has 0 saturated heterocycles. The summed E-state index contributed by atoms with van der Waals surface area (Å²) in [7, 11) is 0. The minimum absolute atomic E-state index is 1.04. The predicted molar refractivity (Wildman–Crippen MR) is 178 cm³/mol. The van der Waals surface area contributed by atoms with Crippen LogP contribution in [0.3, 0.4) is 0 Å². The fraction of sp³-hybridized carbons (Fsp3) is 0. The van der Waals surface area contributed by atoms with Gasteiger partial charge in [-0.05, 0) is 72.8 Å². The highest BCUT2D eigenvalue weighted by Gasteiger charge is 2.12. The lowest BCUT2D eigenvalue weighted by atomic mass is 9.92. The number of nitrogens with zero attached hydrogens (tertiary/aromatic N) is 1. The first-order valence-electron chi connectivity index (χ1n) is 14.0. The van der Waals surface area contributed by atoms with Crippen molar-refractivity contribution in [1.29, 1.82) is 0 Å². The molecular weight excluding hydrogens is 515 g/mol. The third kappa shape index (κ3) is 3.45. The molecule has 9 aromatic rings. The Bertz CT molecular complexity index is 2430. The van der Waals surface area contributed by atoms with Crippen molar-refractivity contribution in [3.63, 3.8) is 0 Å². The highest BCUT2D eigenvalue weighted by atomic mass is 32.1. The Morgan fingerprint density at radius 3 is 1.51 bits per heavy atom. The summed E-state index contributed by atoms with van der Waals surface area (Å²) in [6, 6.07) is 48.7. The van der Waals surface area contributed by atoms with Gasteiger partial charge in [-0.15, -0.1) is 11.3 Å². The summed E-state index contributed by atoms with van der Waals surface area (Å²) in [5.74, 6) is 0. The third-order valence-electron chi connectivity index (χ3n) is 8.51. The number of hydrogen-bond donors (Lipinski definition) is 0. The third-order valence-corrected chi connectivity index (χ3v) is 9.61. The SMILES string of the molecule is c1ccc2c(c1)sc1cnc3cc(-c4ccc(-c5ccc6c7ccccc7c7ccccc7c6c5)cc4)ccc3c12. The predicted octanol–water partition coefficient (Wildman–Crippen LogP) is 11.4. The van der Waals surface area contributed by atoms with Crippen molar-refractivity contribution in [2.45, 2.75) is 0 Å². The van der Waals surface area contributed by atoms with E-state index in [-0.39, 0.29) is 0 Å². The second-order valence-corrected chi connectivity index (χ2v) is 11.8. The fourth-order valence-corrected chi connectivity index (χ4v) is 7.62. The maximum absolute atomic E-state index is 4.84. The summed E-state index contributed by atoms with van der Waals surface area (Å²) in [4.78, 5) is 4.84. The van der Waals surface area contributed by atoms with Crippen LogP contribution >= 0.6 is 11.3 Å². The Balaban J connectivity index is 1.14. The maximum atomic E-state index is 4.84. The van der Waals surface area contributed by atoms with Crippen LogP contribution in [0.25, 0.3) is 85.6 Å². The van der Waals surface area contributed by atoms with Gasteiger partial charge in [-0.25, -0.2) is 0 Å². The molecule has 1 nitrogen and oxygen atoms in total. The van der Waals surface area contributed by atoms with Gasteiger partial charge in [0.1, 0.15) is 0 Å². The van der Waals surface area contributed by atoms with Crippen molar-refractivity contribution >= 4 is 74.7 Å². The molecule has 2 heteroatoms. The van der Waals surface area contributed by atoms with Crippen molar-refractivity contribution in [2.24, 2.45) is 0 Å². The van der Waals surface area contributed by atoms with Gasteiger partial charge in [0, 0.05) is 27.1 Å². The van der Waals surface area contributed by atoms with Crippen LogP contribution in [0.15, 0.2) is 140 Å². The van der Waals surface area contributed by atoms with Crippen LogP contribution in [0.4, 0.5) is 0 Å². The van der Waals surface area contributed by atoms with Crippen molar-refractivity contribution in [1.82, 2.24) is 4.98 Å². The summed E-state index contributed by atoms with van der Waals surface area (Å²) in [6.07, 6.45) is 2.03. The lowest BCUT2D eigenvalue weighted by molar-refractivity contribution is 1.45. The lowest BCUT2D eigenvalue weighted by Crippen LogP contribution is -1.86. The van der Waals surface area contributed by atoms with Crippen molar-refractivity contribution in [2.75, 3.05) is 0 Å². The molecule has 0 aliphatic carbocycles. The summed E-state index contributed by atoms with van der Waals surface area (Å²) in [5.41, 5.74) is 5.88. The van der Waals surface area contributed by atoms with E-state index in [9.17, 15) is 0 Å². The molecule has 41 heavy (non-hydrogen) atoms. The summed E-state index contributed by atoms with van der Waals surface area (Å²) >= 11 is 1.82. The van der Waals surface area contributed by atoms with E-state index in [2.05, 4.69) is 133 Å². The molecule has 0 unspecified atom stereocenters. The number of fused-ring (bicyclic) bond motifs is 11. The second-order valence-electron chi connectivity index (χ2n) is 10.8. The monoisotopic (exact) mass is 537 g/mol. The zero-order valence-corrected chi connectivity index (χ0v) is 23.0. The van der Waals surface area contributed by atoms with Gasteiger partial charge >= 0.3 is 0 Å². The van der Waals surface area contributed by atoms with Crippen LogP contribution in [0.1, 0.15) is 0 Å². The standard InChI is InChI=1S/C39H23NS/c1-2-9-30-28(7-1)29-8-3-4-10-31(29)35-21-26(17-19-32(30)35)24-13-15-25(16-14-24)27-18-20-33-36(22-27)40-23-38-39(33)34-11-5-6-12-37(34)41-38/h1-23H. The largest absolute Gasteiger partial charge is 0.255 e. The molecule has 0 fully saturated rings. The molecule has 0 spiro atoms. The maximum Gasteiger partial charge on any atom is 0.0715 e. The summed E-state index contributed by atoms with van der Waals surface area (Å²) in [6.45, 7) is 0. The number of aromatic nitrogens is 1. The van der Waals surface area contributed by atoms with Crippen LogP contribution in [0.5, 0.6) is 0 Å². The first kappa shape index (κ1) is 22.7. The first-order valence-corrected chi connectivity index (χ1v) is 14.8. The Kier molecular flexibility index (Phi) is 4.84. The Morgan fingerprint density at radius 1 is 0.366 bits per heavy atom. The van der Waals surface area contributed by atoms with Gasteiger partial charge in [0.15, 0.2) is 0 Å². The number of rotatable bonds is 2. The van der Waals surface area contributed by atoms with E-state index in [0.29, 0.717) is 0 Å². The Hall–Kier alpha value is -5.05. The molecule has 9 rings (SSSR count). The Morgan fingerprint density at radius 2 is 0.854 bits per heavy atom. The molecule has 0 N–H and O–H groups in total. The Labute approximate surface area is 240 Å². The average Bonchev–Trinajstić information content (AvgIpc) is 3.44. The fourth-order valence-electron chi connectivity index (χ4n) is 6.53. The molecule has 2 aromatic heterocycles. The highest BCUT2D eigenvalue weighted by molar-refractivity contribution is 7.26. The molecule has 0 atom stereocenters. The average molecular weight is 538 g/mol. The van der Waals surface area contributed by atoms with Crippen LogP contribution in [-0.4, -0.2) is 4.98 Å². The van der Waals surface area contributed by atoms with E-state index >= 15 is 0 Å². The molecule has 0 bridgehead atoms. The molecule has 0 saturated carbocycles. The van der Waals surface area contributed by atoms with E-state index in [1.165, 1.54) is 80.1 Å². The smallest absolute Gasteiger partial charge is 0.0715 e. The lowest BCUT2D eigenvalue weighted by Gasteiger charge is -2.12. The van der Waals surface area contributed by atoms with E-state index in [0.717, 1.165) is 5.52 Å². The van der Waals surface area contributed by atoms with Gasteiger partial charge in [0.2, 0.25) is 0 Å². The molecular formula is C39H23NS. The number of benzene rings is 7. The van der Waals surface area contributed by atoms with Gasteiger partial charge in [-0.2, -0.15) is 0 Å². The number of hydrogen-bond acceptors (Lipinski definition) is 2. The van der Waals surface area contributed by atoms with Gasteiger partial charge < -0.3 is 0 Å². The van der Waals surface area contributed by atoms with Crippen LogP contribution in [0.2, 0.25) is 0 Å². The molecule has 7 aromatic carbocycles. The van der Waals surface area contributed by atoms with Gasteiger partial charge in [-0.1, -0.05) is 115 Å². The minimum atomic E-state index is 1.04. The van der Waals surface area contributed by atoms with Gasteiger partial charge in [-0.3, -0.25) is 4.98 Å². The highest BCUT2D eigenvalue weighted by Crippen LogP contribution is 2.39. The van der Waals surface area contributed by atoms with Crippen molar-refractivity contribution in [3.05, 3.63) is 140 Å². The van der Waals surface area contributed by atoms with Gasteiger partial charge in [0.05, 0.1) is 10.2 Å². The van der Waals surface area contributed by atoms with E-state index in [4.69, 9.17) is 4.98 Å².